The second kappa shape index (κ2) is 12.7. The van der Waals surface area contributed by atoms with E-state index in [4.69, 9.17) is 14.5 Å². The minimum Gasteiger partial charge on any atom is -0.449 e. The van der Waals surface area contributed by atoms with E-state index < -0.39 is 17.8 Å². The van der Waals surface area contributed by atoms with Gasteiger partial charge in [0, 0.05) is 32.0 Å². The molecule has 2 aromatic heterocycles. The maximum absolute atomic E-state index is 13.0. The summed E-state index contributed by atoms with van der Waals surface area (Å²) in [4.78, 5) is 42.4. The Morgan fingerprint density at radius 2 is 1.76 bits per heavy atom. The number of hydrogen-bond donors (Lipinski definition) is 3. The van der Waals surface area contributed by atoms with E-state index in [1.54, 1.807) is 63.2 Å². The van der Waals surface area contributed by atoms with E-state index in [-0.39, 0.29) is 6.61 Å². The van der Waals surface area contributed by atoms with Gasteiger partial charge in [0.15, 0.2) is 5.82 Å². The molecule has 41 heavy (non-hydrogen) atoms. The largest absolute Gasteiger partial charge is 0.449 e. The Kier molecular flexibility index (Phi) is 9.10. The summed E-state index contributed by atoms with van der Waals surface area (Å²) in [5, 5.41) is 9.23. The van der Waals surface area contributed by atoms with Crippen LogP contribution in [0.3, 0.4) is 0 Å². The maximum Gasteiger partial charge on any atom is 0.414 e. The van der Waals surface area contributed by atoms with E-state index in [0.29, 0.717) is 47.0 Å². The molecule has 3 aromatic rings. The molecule has 0 spiro atoms. The summed E-state index contributed by atoms with van der Waals surface area (Å²) in [6.45, 7) is 7.93. The Morgan fingerprint density at radius 3 is 2.39 bits per heavy atom. The van der Waals surface area contributed by atoms with Gasteiger partial charge >= 0.3 is 12.2 Å². The Hall–Kier alpha value is -4.61. The highest BCUT2D eigenvalue weighted by Crippen LogP contribution is 2.35. The first-order chi connectivity index (χ1) is 19.5. The summed E-state index contributed by atoms with van der Waals surface area (Å²) in [6.07, 6.45) is 4.37. The molecular weight excluding hydrogens is 524 g/mol. The molecule has 4 rings (SSSR count). The Bertz CT molecular complexity index is 1350. The number of carbonyl (C=O) groups is 2. The van der Waals surface area contributed by atoms with E-state index in [1.165, 1.54) is 0 Å². The van der Waals surface area contributed by atoms with Gasteiger partial charge in [-0.25, -0.2) is 19.6 Å². The predicted octanol–water partition coefficient (Wildman–Crippen LogP) is 6.14. The van der Waals surface area contributed by atoms with Crippen LogP contribution in [-0.4, -0.2) is 60.0 Å². The number of nitrogens with one attached hydrogen (secondary N) is 3. The van der Waals surface area contributed by atoms with E-state index in [9.17, 15) is 9.59 Å². The molecule has 12 heteroatoms. The number of aromatic nitrogens is 3. The third-order valence-corrected chi connectivity index (χ3v) is 5.92. The average Bonchev–Trinajstić information content (AvgIpc) is 3.72. The van der Waals surface area contributed by atoms with Crippen molar-refractivity contribution in [2.75, 3.05) is 53.0 Å². The first-order valence-corrected chi connectivity index (χ1v) is 13.6. The standard InChI is InChI=1S/C29H38N8O4/c1-7-40-28(39)37(18-19-11-12-19)23-17-31-26(33-22-13-14-24(30-16-22)36(5)6)35-25(23)32-20-9-8-10-21(15-20)34-27(38)41-29(2,3)4/h8-10,13-17,19H,7,11-12,18H2,1-6H3,(H,34,38)(H2,31,32,33,35). The predicted molar refractivity (Wildman–Crippen MR) is 161 cm³/mol. The molecule has 0 radical (unpaired) electrons. The van der Waals surface area contributed by atoms with Crippen LogP contribution in [0, 0.1) is 5.92 Å². The van der Waals surface area contributed by atoms with Crippen LogP contribution >= 0.6 is 0 Å². The molecule has 1 saturated carbocycles. The van der Waals surface area contributed by atoms with Gasteiger partial charge in [0.25, 0.3) is 0 Å². The first-order valence-electron chi connectivity index (χ1n) is 13.6. The van der Waals surface area contributed by atoms with E-state index in [1.807, 2.05) is 37.2 Å². The maximum atomic E-state index is 13.0. The van der Waals surface area contributed by atoms with E-state index >= 15 is 0 Å². The van der Waals surface area contributed by atoms with Gasteiger partial charge in [-0.05, 0) is 76.8 Å². The number of pyridine rings is 1. The van der Waals surface area contributed by atoms with Crippen LogP contribution in [-0.2, 0) is 9.47 Å². The summed E-state index contributed by atoms with van der Waals surface area (Å²) in [5.74, 6) is 1.92. The molecule has 0 saturated heterocycles. The van der Waals surface area contributed by atoms with Crippen molar-refractivity contribution < 1.29 is 19.1 Å². The highest BCUT2D eigenvalue weighted by atomic mass is 16.6. The van der Waals surface area contributed by atoms with Gasteiger partial charge in [-0.15, -0.1) is 0 Å². The van der Waals surface area contributed by atoms with Crippen molar-refractivity contribution in [2.45, 2.75) is 46.1 Å². The van der Waals surface area contributed by atoms with Crippen LogP contribution in [0.25, 0.3) is 0 Å². The third kappa shape index (κ3) is 8.69. The number of carbonyl (C=O) groups excluding carboxylic acids is 2. The van der Waals surface area contributed by atoms with Crippen LogP contribution in [0.4, 0.5) is 49.9 Å². The number of amides is 2. The van der Waals surface area contributed by atoms with Gasteiger partial charge in [-0.1, -0.05) is 6.07 Å². The van der Waals surface area contributed by atoms with Crippen LogP contribution in [0.1, 0.15) is 40.5 Å². The average molecular weight is 563 g/mol. The summed E-state index contributed by atoms with van der Waals surface area (Å²) in [6, 6.07) is 10.9. The molecule has 0 aliphatic heterocycles. The Morgan fingerprint density at radius 1 is 1.00 bits per heavy atom. The molecule has 2 heterocycles. The lowest BCUT2D eigenvalue weighted by molar-refractivity contribution is 0.0636. The zero-order chi connectivity index (χ0) is 29.6. The third-order valence-electron chi connectivity index (χ3n) is 5.92. The zero-order valence-corrected chi connectivity index (χ0v) is 24.4. The smallest absolute Gasteiger partial charge is 0.414 e. The summed E-state index contributed by atoms with van der Waals surface area (Å²) in [5.41, 5.74) is 1.73. The number of benzene rings is 1. The molecule has 2 amide bonds. The summed E-state index contributed by atoms with van der Waals surface area (Å²) in [7, 11) is 3.84. The summed E-state index contributed by atoms with van der Waals surface area (Å²) < 4.78 is 10.7. The summed E-state index contributed by atoms with van der Waals surface area (Å²) >= 11 is 0. The number of anilines is 7. The van der Waals surface area contributed by atoms with E-state index in [2.05, 4.69) is 25.9 Å². The normalized spacial score (nSPS) is 12.7. The lowest BCUT2D eigenvalue weighted by Crippen LogP contribution is -2.34. The highest BCUT2D eigenvalue weighted by molar-refractivity contribution is 5.92. The monoisotopic (exact) mass is 562 g/mol. The number of rotatable bonds is 10. The molecule has 0 atom stereocenters. The SMILES string of the molecule is CCOC(=O)N(CC1CC1)c1cnc(Nc2ccc(N(C)C)nc2)nc1Nc1cccc(NC(=O)OC(C)(C)C)c1. The lowest BCUT2D eigenvalue weighted by atomic mass is 10.2. The second-order valence-corrected chi connectivity index (χ2v) is 10.9. The quantitative estimate of drug-likeness (QED) is 0.264. The second-order valence-electron chi connectivity index (χ2n) is 10.9. The van der Waals surface area contributed by atoms with Gasteiger partial charge in [0.2, 0.25) is 5.95 Å². The lowest BCUT2D eigenvalue weighted by Gasteiger charge is -2.24. The van der Waals surface area contributed by atoms with Crippen molar-refractivity contribution >= 4 is 52.5 Å². The minimum absolute atomic E-state index is 0.248. The molecule has 12 nitrogen and oxygen atoms in total. The molecule has 218 valence electrons. The van der Waals surface area contributed by atoms with Gasteiger partial charge in [-0.2, -0.15) is 4.98 Å². The number of ether oxygens (including phenoxy) is 2. The fraction of sp³-hybridized carbons (Fsp3) is 0.414. The molecular formula is C29H38N8O4. The van der Waals surface area contributed by atoms with Crippen LogP contribution in [0.15, 0.2) is 48.8 Å². The molecule has 1 aliphatic rings. The first kappa shape index (κ1) is 29.4. The molecule has 3 N–H and O–H groups in total. The molecule has 0 unspecified atom stereocenters. The van der Waals surface area contributed by atoms with Crippen molar-refractivity contribution in [1.82, 2.24) is 15.0 Å². The fourth-order valence-corrected chi connectivity index (χ4v) is 3.84. The zero-order valence-electron chi connectivity index (χ0n) is 24.4. The van der Waals surface area contributed by atoms with Gasteiger partial charge < -0.3 is 25.0 Å². The Labute approximate surface area is 240 Å². The van der Waals surface area contributed by atoms with E-state index in [0.717, 1.165) is 18.7 Å². The van der Waals surface area contributed by atoms with Crippen LogP contribution < -0.4 is 25.8 Å². The van der Waals surface area contributed by atoms with Crippen molar-refractivity contribution in [1.29, 1.82) is 0 Å². The molecule has 1 aromatic carbocycles. The van der Waals surface area contributed by atoms with Crippen LogP contribution in [0.2, 0.25) is 0 Å². The molecule has 1 fully saturated rings. The minimum atomic E-state index is -0.625. The Balaban J connectivity index is 1.64. The van der Waals surface area contributed by atoms with Crippen molar-refractivity contribution in [3.8, 4) is 0 Å². The topological polar surface area (TPSA) is 134 Å². The fourth-order valence-electron chi connectivity index (χ4n) is 3.84. The van der Waals surface area contributed by atoms with Gasteiger partial charge in [0.05, 0.1) is 24.7 Å². The number of nitrogens with zero attached hydrogens (tertiary/aromatic N) is 5. The highest BCUT2D eigenvalue weighted by Gasteiger charge is 2.30. The van der Waals surface area contributed by atoms with Crippen molar-refractivity contribution in [2.24, 2.45) is 5.92 Å². The van der Waals surface area contributed by atoms with Gasteiger partial charge in [-0.3, -0.25) is 10.2 Å². The van der Waals surface area contributed by atoms with Gasteiger partial charge in [0.1, 0.15) is 17.1 Å². The van der Waals surface area contributed by atoms with Crippen LogP contribution in [0.5, 0.6) is 0 Å². The van der Waals surface area contributed by atoms with Crippen molar-refractivity contribution in [3.63, 3.8) is 0 Å². The number of hydrogen-bond acceptors (Lipinski definition) is 10. The molecule has 1 aliphatic carbocycles. The molecule has 0 bridgehead atoms. The van der Waals surface area contributed by atoms with Crippen molar-refractivity contribution in [3.05, 3.63) is 48.8 Å².